The number of aromatic nitrogens is 2. The van der Waals surface area contributed by atoms with Crippen molar-refractivity contribution < 1.29 is 9.90 Å². The van der Waals surface area contributed by atoms with Crippen LogP contribution in [0.3, 0.4) is 0 Å². The molecule has 1 amide bonds. The molecule has 0 saturated carbocycles. The molecule has 6 nitrogen and oxygen atoms in total. The highest BCUT2D eigenvalue weighted by Crippen LogP contribution is 2.23. The Labute approximate surface area is 83.3 Å². The zero-order valence-electron chi connectivity index (χ0n) is 7.27. The molecule has 1 aliphatic heterocycles. The summed E-state index contributed by atoms with van der Waals surface area (Å²) in [4.78, 5) is 25.2. The van der Waals surface area contributed by atoms with Gasteiger partial charge in [-0.05, 0) is 6.42 Å². The van der Waals surface area contributed by atoms with Crippen LogP contribution in [-0.2, 0) is 0 Å². The molecular formula is C7H9N3O3S. The Morgan fingerprint density at radius 1 is 1.71 bits per heavy atom. The van der Waals surface area contributed by atoms with Crippen LogP contribution in [-0.4, -0.2) is 38.5 Å². The zero-order valence-corrected chi connectivity index (χ0v) is 8.08. The average molecular weight is 215 g/mol. The molecule has 1 fully saturated rings. The summed E-state index contributed by atoms with van der Waals surface area (Å²) in [6.45, 7) is 0.939. The molecule has 0 unspecified atom stereocenters. The normalized spacial score (nSPS) is 21.4. The molecular weight excluding hydrogens is 206 g/mol. The molecule has 2 N–H and O–H groups in total. The van der Waals surface area contributed by atoms with Crippen LogP contribution < -0.4 is 4.87 Å². The van der Waals surface area contributed by atoms with E-state index in [1.165, 1.54) is 4.90 Å². The Morgan fingerprint density at radius 3 is 3.00 bits per heavy atom. The third-order valence-corrected chi connectivity index (χ3v) is 2.86. The van der Waals surface area contributed by atoms with Gasteiger partial charge in [-0.2, -0.15) is 4.37 Å². The molecule has 0 radical (unpaired) electrons. The molecule has 1 aliphatic rings. The minimum Gasteiger partial charge on any atom is -0.465 e. The van der Waals surface area contributed by atoms with Gasteiger partial charge in [0, 0.05) is 30.5 Å². The minimum atomic E-state index is -0.912. The number of nitrogens with one attached hydrogen (secondary N) is 1. The monoisotopic (exact) mass is 215 g/mol. The van der Waals surface area contributed by atoms with Gasteiger partial charge in [0.05, 0.1) is 0 Å². The van der Waals surface area contributed by atoms with Gasteiger partial charge in [-0.25, -0.2) is 4.79 Å². The van der Waals surface area contributed by atoms with E-state index in [-0.39, 0.29) is 10.8 Å². The second kappa shape index (κ2) is 3.41. The number of amides is 1. The summed E-state index contributed by atoms with van der Waals surface area (Å²) < 4.78 is 3.95. The van der Waals surface area contributed by atoms with Crippen molar-refractivity contribution >= 4 is 17.6 Å². The summed E-state index contributed by atoms with van der Waals surface area (Å²) in [7, 11) is 0. The SMILES string of the molecule is O=C(O)N1CC[C@@H](c2nsc(=O)[nH]2)C1. The molecule has 7 heteroatoms. The number of nitrogens with zero attached hydrogens (tertiary/aromatic N) is 2. The van der Waals surface area contributed by atoms with Crippen LogP contribution in [0.25, 0.3) is 0 Å². The lowest BCUT2D eigenvalue weighted by Gasteiger charge is -2.10. The molecule has 76 valence electrons. The molecule has 1 atom stereocenters. The number of rotatable bonds is 1. The quantitative estimate of drug-likeness (QED) is 0.705. The van der Waals surface area contributed by atoms with Gasteiger partial charge in [-0.15, -0.1) is 0 Å². The van der Waals surface area contributed by atoms with E-state index in [9.17, 15) is 9.59 Å². The summed E-state index contributed by atoms with van der Waals surface area (Å²) in [5.74, 6) is 0.661. The van der Waals surface area contributed by atoms with Crippen LogP contribution in [0, 0.1) is 0 Å². The first-order valence-corrected chi connectivity index (χ1v) is 4.98. The fraction of sp³-hybridized carbons (Fsp3) is 0.571. The highest BCUT2D eigenvalue weighted by molar-refractivity contribution is 7.02. The first kappa shape index (κ1) is 9.20. The van der Waals surface area contributed by atoms with Crippen LogP contribution in [0.5, 0.6) is 0 Å². The number of carbonyl (C=O) groups is 1. The summed E-state index contributed by atoms with van der Waals surface area (Å²) in [5, 5.41) is 8.72. The third kappa shape index (κ3) is 1.63. The van der Waals surface area contributed by atoms with E-state index in [4.69, 9.17) is 5.11 Å². The number of carboxylic acid groups (broad SMARTS) is 1. The summed E-state index contributed by atoms with van der Waals surface area (Å²) in [5.41, 5.74) is 0. The van der Waals surface area contributed by atoms with Crippen molar-refractivity contribution in [1.29, 1.82) is 0 Å². The van der Waals surface area contributed by atoms with Gasteiger partial charge in [0.2, 0.25) is 0 Å². The smallest absolute Gasteiger partial charge is 0.407 e. The molecule has 2 rings (SSSR count). The summed E-state index contributed by atoms with van der Waals surface area (Å²) in [6, 6.07) is 0. The zero-order chi connectivity index (χ0) is 10.1. The first-order chi connectivity index (χ1) is 6.66. The Hall–Kier alpha value is -1.37. The predicted octanol–water partition coefficient (Wildman–Crippen LogP) is 0.299. The largest absolute Gasteiger partial charge is 0.465 e. The van der Waals surface area contributed by atoms with E-state index in [1.54, 1.807) is 0 Å². The lowest BCUT2D eigenvalue weighted by atomic mass is 10.1. The Morgan fingerprint density at radius 2 is 2.50 bits per heavy atom. The van der Waals surface area contributed by atoms with E-state index in [2.05, 4.69) is 9.36 Å². The van der Waals surface area contributed by atoms with Gasteiger partial charge < -0.3 is 10.0 Å². The van der Waals surface area contributed by atoms with Crippen molar-refractivity contribution in [2.45, 2.75) is 12.3 Å². The van der Waals surface area contributed by atoms with Gasteiger partial charge >= 0.3 is 11.0 Å². The Balaban J connectivity index is 2.09. The lowest BCUT2D eigenvalue weighted by Crippen LogP contribution is -2.26. The highest BCUT2D eigenvalue weighted by Gasteiger charge is 2.28. The molecule has 14 heavy (non-hydrogen) atoms. The van der Waals surface area contributed by atoms with Crippen molar-refractivity contribution in [1.82, 2.24) is 14.3 Å². The lowest BCUT2D eigenvalue weighted by molar-refractivity contribution is 0.155. The second-order valence-electron chi connectivity index (χ2n) is 3.19. The molecule has 2 heterocycles. The number of H-pyrrole nitrogens is 1. The molecule has 0 spiro atoms. The molecule has 0 aliphatic carbocycles. The third-order valence-electron chi connectivity index (χ3n) is 2.30. The standard InChI is InChI=1S/C7H9N3O3S/c11-6-8-5(9-14-6)4-1-2-10(3-4)7(12)13/h4H,1-3H2,(H,12,13)(H,8,9,11)/t4-/m1/s1. The number of hydrogen-bond donors (Lipinski definition) is 2. The molecule has 0 bridgehead atoms. The fourth-order valence-corrected chi connectivity index (χ4v) is 2.10. The second-order valence-corrected chi connectivity index (χ2v) is 3.93. The van der Waals surface area contributed by atoms with Crippen molar-refractivity contribution in [2.24, 2.45) is 0 Å². The minimum absolute atomic E-state index is 0.0463. The molecule has 1 aromatic rings. The van der Waals surface area contributed by atoms with Gasteiger partial charge in [-0.3, -0.25) is 9.78 Å². The van der Waals surface area contributed by atoms with E-state index in [1.807, 2.05) is 0 Å². The van der Waals surface area contributed by atoms with E-state index < -0.39 is 6.09 Å². The van der Waals surface area contributed by atoms with Gasteiger partial charge in [0.1, 0.15) is 5.82 Å². The maximum atomic E-state index is 10.8. The van der Waals surface area contributed by atoms with Crippen LogP contribution >= 0.6 is 11.5 Å². The summed E-state index contributed by atoms with van der Waals surface area (Å²) in [6.07, 6.45) is -0.184. The van der Waals surface area contributed by atoms with Crippen LogP contribution in [0.15, 0.2) is 4.79 Å². The molecule has 0 aromatic carbocycles. The number of aromatic amines is 1. The number of likely N-dealkylation sites (tertiary alicyclic amines) is 1. The van der Waals surface area contributed by atoms with Gasteiger partial charge in [0.15, 0.2) is 0 Å². The topological polar surface area (TPSA) is 86.3 Å². The first-order valence-electron chi connectivity index (χ1n) is 4.20. The fourth-order valence-electron chi connectivity index (χ4n) is 1.57. The van der Waals surface area contributed by atoms with E-state index >= 15 is 0 Å². The number of hydrogen-bond acceptors (Lipinski definition) is 4. The maximum Gasteiger partial charge on any atom is 0.407 e. The maximum absolute atomic E-state index is 10.8. The van der Waals surface area contributed by atoms with Crippen molar-refractivity contribution in [3.05, 3.63) is 15.5 Å². The Kier molecular flexibility index (Phi) is 2.24. The predicted molar refractivity (Wildman–Crippen MR) is 49.7 cm³/mol. The van der Waals surface area contributed by atoms with E-state index in [0.717, 1.165) is 18.0 Å². The van der Waals surface area contributed by atoms with Crippen LogP contribution in [0.2, 0.25) is 0 Å². The molecule has 1 aromatic heterocycles. The average Bonchev–Trinajstić information content (AvgIpc) is 2.70. The summed E-state index contributed by atoms with van der Waals surface area (Å²) >= 11 is 0.874. The van der Waals surface area contributed by atoms with Gasteiger partial charge in [0.25, 0.3) is 0 Å². The van der Waals surface area contributed by atoms with Crippen molar-refractivity contribution in [2.75, 3.05) is 13.1 Å². The van der Waals surface area contributed by atoms with Crippen LogP contribution in [0.1, 0.15) is 18.2 Å². The van der Waals surface area contributed by atoms with Gasteiger partial charge in [-0.1, -0.05) is 0 Å². The van der Waals surface area contributed by atoms with Crippen molar-refractivity contribution in [3.8, 4) is 0 Å². The Bertz CT molecular complexity index is 399. The van der Waals surface area contributed by atoms with Crippen molar-refractivity contribution in [3.63, 3.8) is 0 Å². The highest BCUT2D eigenvalue weighted by atomic mass is 32.1. The van der Waals surface area contributed by atoms with E-state index in [0.29, 0.717) is 18.9 Å². The molecule has 1 saturated heterocycles. The van der Waals surface area contributed by atoms with Crippen LogP contribution in [0.4, 0.5) is 4.79 Å².